The summed E-state index contributed by atoms with van der Waals surface area (Å²) in [6.07, 6.45) is 0. The predicted octanol–water partition coefficient (Wildman–Crippen LogP) is 6.45. The predicted molar refractivity (Wildman–Crippen MR) is 119 cm³/mol. The van der Waals surface area contributed by atoms with Gasteiger partial charge in [0.1, 0.15) is 5.75 Å². The van der Waals surface area contributed by atoms with Gasteiger partial charge >= 0.3 is 7.75 Å². The van der Waals surface area contributed by atoms with E-state index in [9.17, 15) is 14.7 Å². The van der Waals surface area contributed by atoms with Crippen molar-refractivity contribution in [2.45, 2.75) is 43.9 Å². The number of nitrogens with zero attached hydrogens (tertiary/aromatic N) is 1. The van der Waals surface area contributed by atoms with E-state index in [2.05, 4.69) is 5.09 Å². The summed E-state index contributed by atoms with van der Waals surface area (Å²) < 4.78 is 24.3. The molecule has 0 aromatic heterocycles. The molecule has 2 aromatic carbocycles. The molecule has 0 spiro atoms. The summed E-state index contributed by atoms with van der Waals surface area (Å²) in [7, 11) is -0.804. The van der Waals surface area contributed by atoms with E-state index in [1.54, 1.807) is 6.92 Å². The average molecular weight is 457 g/mol. The van der Waals surface area contributed by atoms with E-state index in [1.165, 1.54) is 39.8 Å². The van der Waals surface area contributed by atoms with Gasteiger partial charge in [-0.3, -0.25) is 14.6 Å². The smallest absolute Gasteiger partial charge is 0.412 e. The second-order valence-electron chi connectivity index (χ2n) is 6.99. The van der Waals surface area contributed by atoms with Gasteiger partial charge in [0.05, 0.1) is 16.4 Å². The van der Waals surface area contributed by atoms with Gasteiger partial charge in [0.25, 0.3) is 5.69 Å². The minimum Gasteiger partial charge on any atom is -0.412 e. The van der Waals surface area contributed by atoms with E-state index in [1.807, 2.05) is 51.1 Å². The molecule has 0 saturated carbocycles. The molecule has 29 heavy (non-hydrogen) atoms. The zero-order chi connectivity index (χ0) is 21.5. The highest BCUT2D eigenvalue weighted by molar-refractivity contribution is 8.77. The summed E-state index contributed by atoms with van der Waals surface area (Å²) >= 11 is 0. The molecule has 158 valence electrons. The fraction of sp³-hybridized carbons (Fsp3) is 0.368. The maximum Gasteiger partial charge on any atom is 0.459 e. The fourth-order valence-electron chi connectivity index (χ4n) is 2.11. The van der Waals surface area contributed by atoms with Crippen molar-refractivity contribution in [2.24, 2.45) is 0 Å². The molecule has 0 heterocycles. The molecule has 7 nitrogen and oxygen atoms in total. The van der Waals surface area contributed by atoms with Crippen LogP contribution in [0.4, 0.5) is 5.69 Å². The van der Waals surface area contributed by atoms with Crippen molar-refractivity contribution in [2.75, 3.05) is 6.61 Å². The molecular formula is C19H25N2O5PS2. The standard InChI is InChI=1S/C19H25N2O5PS2/c1-5-25-27(24,20-14-15-9-7-6-8-10-15)26-17-12-11-16(21(22)23)13-18(17)28-29-19(2,3)4/h6-13H,5,14H2,1-4H3,(H,20,24). The molecular weight excluding hydrogens is 431 g/mol. The van der Waals surface area contributed by atoms with Gasteiger partial charge in [-0.15, -0.1) is 0 Å². The van der Waals surface area contributed by atoms with Crippen molar-refractivity contribution < 1.29 is 18.5 Å². The molecule has 1 atom stereocenters. The number of benzene rings is 2. The second-order valence-corrected chi connectivity index (χ2v) is 11.7. The van der Waals surface area contributed by atoms with E-state index in [0.717, 1.165) is 5.56 Å². The zero-order valence-electron chi connectivity index (χ0n) is 16.8. The molecule has 0 aliphatic heterocycles. The van der Waals surface area contributed by atoms with Gasteiger partial charge in [0.2, 0.25) is 0 Å². The van der Waals surface area contributed by atoms with Crippen molar-refractivity contribution in [1.82, 2.24) is 5.09 Å². The van der Waals surface area contributed by atoms with Gasteiger partial charge in [0, 0.05) is 23.4 Å². The van der Waals surface area contributed by atoms with Crippen LogP contribution in [0.1, 0.15) is 33.3 Å². The van der Waals surface area contributed by atoms with Gasteiger partial charge in [-0.25, -0.2) is 9.65 Å². The van der Waals surface area contributed by atoms with Crippen LogP contribution < -0.4 is 9.61 Å². The Bertz CT molecular complexity index is 875. The van der Waals surface area contributed by atoms with Gasteiger partial charge in [-0.05, 0) is 18.6 Å². The van der Waals surface area contributed by atoms with Crippen LogP contribution in [0.15, 0.2) is 53.4 Å². The van der Waals surface area contributed by atoms with Crippen molar-refractivity contribution in [3.8, 4) is 5.75 Å². The summed E-state index contributed by atoms with van der Waals surface area (Å²) in [5.41, 5.74) is 0.871. The van der Waals surface area contributed by atoms with Crippen LogP contribution in [0.3, 0.4) is 0 Å². The Morgan fingerprint density at radius 3 is 2.45 bits per heavy atom. The maximum atomic E-state index is 13.2. The van der Waals surface area contributed by atoms with Crippen LogP contribution in [-0.4, -0.2) is 16.3 Å². The van der Waals surface area contributed by atoms with Crippen LogP contribution in [-0.2, 0) is 15.6 Å². The summed E-state index contributed by atoms with van der Waals surface area (Å²) in [5, 5.41) is 14.0. The zero-order valence-corrected chi connectivity index (χ0v) is 19.3. The Labute approximate surface area is 179 Å². The molecule has 0 aliphatic rings. The molecule has 10 heteroatoms. The second kappa shape index (κ2) is 10.5. The average Bonchev–Trinajstić information content (AvgIpc) is 2.66. The number of nitro benzene ring substituents is 1. The van der Waals surface area contributed by atoms with E-state index in [4.69, 9.17) is 9.05 Å². The number of nitrogens with one attached hydrogen (secondary N) is 1. The molecule has 1 unspecified atom stereocenters. The highest BCUT2D eigenvalue weighted by atomic mass is 33.1. The van der Waals surface area contributed by atoms with Gasteiger partial charge in [0.15, 0.2) is 0 Å². The first-order valence-corrected chi connectivity index (χ1v) is 12.7. The number of rotatable bonds is 10. The minimum absolute atomic E-state index is 0.0575. The Morgan fingerprint density at radius 1 is 1.17 bits per heavy atom. The summed E-state index contributed by atoms with van der Waals surface area (Å²) in [6, 6.07) is 13.7. The number of non-ortho nitro benzene ring substituents is 1. The fourth-order valence-corrected chi connectivity index (χ4v) is 5.62. The van der Waals surface area contributed by atoms with Crippen LogP contribution >= 0.6 is 29.3 Å². The van der Waals surface area contributed by atoms with Crippen LogP contribution in [0.5, 0.6) is 5.75 Å². The van der Waals surface area contributed by atoms with Gasteiger partial charge in [-0.2, -0.15) is 0 Å². The first kappa shape index (κ1) is 23.8. The van der Waals surface area contributed by atoms with E-state index >= 15 is 0 Å². The molecule has 0 bridgehead atoms. The lowest BCUT2D eigenvalue weighted by Gasteiger charge is -2.22. The van der Waals surface area contributed by atoms with Gasteiger partial charge in [-0.1, -0.05) is 72.7 Å². The Kier molecular flexibility index (Phi) is 8.60. The normalized spacial score (nSPS) is 13.7. The summed E-state index contributed by atoms with van der Waals surface area (Å²) in [4.78, 5) is 11.2. The highest BCUT2D eigenvalue weighted by Gasteiger charge is 2.28. The first-order chi connectivity index (χ1) is 13.6. The van der Waals surface area contributed by atoms with E-state index < -0.39 is 12.7 Å². The molecule has 2 aromatic rings. The monoisotopic (exact) mass is 456 g/mol. The van der Waals surface area contributed by atoms with Crippen molar-refractivity contribution in [3.05, 3.63) is 64.2 Å². The lowest BCUT2D eigenvalue weighted by Crippen LogP contribution is -2.16. The number of hydrogen-bond donors (Lipinski definition) is 1. The summed E-state index contributed by atoms with van der Waals surface area (Å²) in [6.45, 7) is 8.32. The molecule has 0 radical (unpaired) electrons. The minimum atomic E-state index is -3.68. The molecule has 0 saturated heterocycles. The molecule has 0 amide bonds. The lowest BCUT2D eigenvalue weighted by atomic mass is 10.2. The largest absolute Gasteiger partial charge is 0.459 e. The summed E-state index contributed by atoms with van der Waals surface area (Å²) in [5.74, 6) is 0.273. The topological polar surface area (TPSA) is 90.7 Å². The van der Waals surface area contributed by atoms with Crippen molar-refractivity contribution >= 4 is 35.0 Å². The first-order valence-electron chi connectivity index (χ1n) is 8.99. The van der Waals surface area contributed by atoms with Gasteiger partial charge < -0.3 is 4.52 Å². The quantitative estimate of drug-likeness (QED) is 0.189. The van der Waals surface area contributed by atoms with E-state index in [0.29, 0.717) is 11.4 Å². The SMILES string of the molecule is CCOP(=O)(NCc1ccccc1)Oc1ccc([N+](=O)[O-])cc1SSC(C)(C)C. The number of hydrogen-bond acceptors (Lipinski definition) is 7. The van der Waals surface area contributed by atoms with E-state index in [-0.39, 0.29) is 22.8 Å². The third-order valence-electron chi connectivity index (χ3n) is 3.36. The highest BCUT2D eigenvalue weighted by Crippen LogP contribution is 2.51. The number of nitro groups is 1. The van der Waals surface area contributed by atoms with Crippen LogP contribution in [0.25, 0.3) is 0 Å². The molecule has 2 rings (SSSR count). The third kappa shape index (κ3) is 8.03. The Balaban J connectivity index is 2.26. The Hall–Kier alpha value is -1.51. The van der Waals surface area contributed by atoms with Crippen LogP contribution in [0, 0.1) is 10.1 Å². The maximum absolute atomic E-state index is 13.2. The molecule has 1 N–H and O–H groups in total. The third-order valence-corrected chi connectivity index (χ3v) is 8.31. The van der Waals surface area contributed by atoms with Crippen molar-refractivity contribution in [3.63, 3.8) is 0 Å². The van der Waals surface area contributed by atoms with Crippen LogP contribution in [0.2, 0.25) is 0 Å². The Morgan fingerprint density at radius 2 is 1.86 bits per heavy atom. The molecule has 0 aliphatic carbocycles. The lowest BCUT2D eigenvalue weighted by molar-refractivity contribution is -0.385. The molecule has 0 fully saturated rings. The van der Waals surface area contributed by atoms with Crippen molar-refractivity contribution in [1.29, 1.82) is 0 Å².